The highest BCUT2D eigenvalue weighted by molar-refractivity contribution is 6.01. The number of rotatable bonds is 3. The fourth-order valence-electron chi connectivity index (χ4n) is 2.27. The van der Waals surface area contributed by atoms with Gasteiger partial charge in [-0.1, -0.05) is 6.07 Å². The minimum Gasteiger partial charge on any atom is -0.478 e. The van der Waals surface area contributed by atoms with Gasteiger partial charge in [-0.25, -0.2) is 14.8 Å². The Hall–Kier alpha value is -2.70. The van der Waals surface area contributed by atoms with E-state index in [4.69, 9.17) is 0 Å². The first-order chi connectivity index (χ1) is 9.56. The molecular weight excluding hydrogens is 258 g/mol. The number of hydrogen-bond acceptors (Lipinski definition) is 4. The summed E-state index contributed by atoms with van der Waals surface area (Å²) in [6.07, 6.45) is 1.61. The lowest BCUT2D eigenvalue weighted by molar-refractivity contribution is 0.0698. The Labute approximate surface area is 114 Å². The van der Waals surface area contributed by atoms with E-state index in [1.165, 1.54) is 0 Å². The van der Waals surface area contributed by atoms with Crippen LogP contribution in [0, 0.1) is 6.92 Å². The number of fused-ring (bicyclic) bond motifs is 1. The van der Waals surface area contributed by atoms with Crippen molar-refractivity contribution in [2.24, 2.45) is 7.05 Å². The molecule has 20 heavy (non-hydrogen) atoms. The van der Waals surface area contributed by atoms with Crippen LogP contribution >= 0.6 is 0 Å². The number of imidazole rings is 1. The molecule has 0 radical (unpaired) electrons. The van der Waals surface area contributed by atoms with Crippen molar-refractivity contribution < 1.29 is 9.90 Å². The quantitative estimate of drug-likeness (QED) is 0.774. The molecule has 3 rings (SSSR count). The molecule has 2 heterocycles. The van der Waals surface area contributed by atoms with E-state index in [0.717, 1.165) is 5.82 Å². The van der Waals surface area contributed by atoms with Crippen molar-refractivity contribution in [2.45, 2.75) is 13.5 Å². The van der Waals surface area contributed by atoms with Crippen LogP contribution in [0.15, 0.2) is 24.5 Å². The number of aromatic carboxylic acids is 1. The summed E-state index contributed by atoms with van der Waals surface area (Å²) in [5, 5.41) is 13.5. The molecule has 0 amide bonds. The smallest absolute Gasteiger partial charge is 0.337 e. The van der Waals surface area contributed by atoms with Crippen molar-refractivity contribution in [1.82, 2.24) is 24.3 Å². The number of aromatic nitrogens is 5. The number of hydrogen-bond donors (Lipinski definition) is 1. The van der Waals surface area contributed by atoms with Crippen LogP contribution in [0.4, 0.5) is 0 Å². The zero-order valence-corrected chi connectivity index (χ0v) is 11.1. The molecule has 0 saturated heterocycles. The van der Waals surface area contributed by atoms with Crippen molar-refractivity contribution in [1.29, 1.82) is 0 Å². The van der Waals surface area contributed by atoms with Crippen molar-refractivity contribution in [2.75, 3.05) is 0 Å². The molecule has 0 bridgehead atoms. The monoisotopic (exact) mass is 271 g/mol. The standard InChI is InChI=1S/C13H13N5O2/c1-8-15-10-5-3-4-9(13(19)20)12(10)18(8)6-11-14-7-17(2)16-11/h3-5,7H,6H2,1-2H3,(H,19,20). The van der Waals surface area contributed by atoms with Gasteiger partial charge < -0.3 is 9.67 Å². The Morgan fingerprint density at radius 1 is 1.40 bits per heavy atom. The number of benzene rings is 1. The van der Waals surface area contributed by atoms with Gasteiger partial charge in [-0.05, 0) is 19.1 Å². The molecule has 0 saturated carbocycles. The minimum atomic E-state index is -0.967. The Bertz CT molecular complexity index is 802. The number of para-hydroxylation sites is 1. The lowest BCUT2D eigenvalue weighted by Gasteiger charge is -2.06. The molecule has 2 aromatic heterocycles. The lowest BCUT2D eigenvalue weighted by atomic mass is 10.2. The van der Waals surface area contributed by atoms with Crippen molar-refractivity contribution in [3.8, 4) is 0 Å². The molecule has 1 N–H and O–H groups in total. The van der Waals surface area contributed by atoms with Gasteiger partial charge in [0.05, 0.1) is 23.1 Å². The minimum absolute atomic E-state index is 0.235. The summed E-state index contributed by atoms with van der Waals surface area (Å²) in [6, 6.07) is 5.08. The molecule has 102 valence electrons. The summed E-state index contributed by atoms with van der Waals surface area (Å²) in [5.74, 6) is 0.391. The first kappa shape index (κ1) is 12.3. The fourth-order valence-corrected chi connectivity index (χ4v) is 2.27. The van der Waals surface area contributed by atoms with Gasteiger partial charge >= 0.3 is 5.97 Å². The predicted molar refractivity (Wildman–Crippen MR) is 71.5 cm³/mol. The average molecular weight is 271 g/mol. The third-order valence-corrected chi connectivity index (χ3v) is 3.13. The second-order valence-electron chi connectivity index (χ2n) is 4.56. The molecule has 0 spiro atoms. The summed E-state index contributed by atoms with van der Waals surface area (Å²) in [7, 11) is 1.79. The lowest BCUT2D eigenvalue weighted by Crippen LogP contribution is -2.07. The molecule has 0 aliphatic carbocycles. The van der Waals surface area contributed by atoms with E-state index in [1.807, 2.05) is 11.5 Å². The van der Waals surface area contributed by atoms with Crippen LogP contribution in [-0.2, 0) is 13.6 Å². The summed E-state index contributed by atoms with van der Waals surface area (Å²) in [6.45, 7) is 2.24. The van der Waals surface area contributed by atoms with Crippen molar-refractivity contribution in [3.63, 3.8) is 0 Å². The SMILES string of the molecule is Cc1nc2cccc(C(=O)O)c2n1Cc1ncn(C)n1. The van der Waals surface area contributed by atoms with Crippen LogP contribution < -0.4 is 0 Å². The average Bonchev–Trinajstić information content (AvgIpc) is 2.94. The van der Waals surface area contributed by atoms with Crippen LogP contribution in [0.3, 0.4) is 0 Å². The maximum absolute atomic E-state index is 11.4. The van der Waals surface area contributed by atoms with Crippen LogP contribution in [0.25, 0.3) is 11.0 Å². The molecule has 0 atom stereocenters. The Balaban J connectivity index is 2.18. The van der Waals surface area contributed by atoms with Crippen LogP contribution in [0.2, 0.25) is 0 Å². The van der Waals surface area contributed by atoms with E-state index >= 15 is 0 Å². The van der Waals surface area contributed by atoms with Gasteiger partial charge in [0.25, 0.3) is 0 Å². The van der Waals surface area contributed by atoms with Crippen LogP contribution in [0.1, 0.15) is 22.0 Å². The second kappa shape index (κ2) is 4.44. The molecule has 0 aliphatic heterocycles. The largest absolute Gasteiger partial charge is 0.478 e. The van der Waals surface area contributed by atoms with Gasteiger partial charge in [-0.3, -0.25) is 4.68 Å². The molecule has 3 aromatic rings. The highest BCUT2D eigenvalue weighted by Gasteiger charge is 2.16. The molecule has 0 fully saturated rings. The summed E-state index contributed by atoms with van der Waals surface area (Å²) >= 11 is 0. The molecule has 0 aliphatic rings. The molecular formula is C13H13N5O2. The zero-order valence-electron chi connectivity index (χ0n) is 11.1. The number of carboxylic acid groups (broad SMARTS) is 1. The molecule has 7 heteroatoms. The maximum Gasteiger partial charge on any atom is 0.337 e. The third kappa shape index (κ3) is 1.93. The molecule has 0 unspecified atom stereocenters. The van der Waals surface area contributed by atoms with E-state index in [9.17, 15) is 9.90 Å². The predicted octanol–water partition coefficient (Wildman–Crippen LogP) is 1.22. The highest BCUT2D eigenvalue weighted by Crippen LogP contribution is 2.21. The Kier molecular flexibility index (Phi) is 2.74. The first-order valence-corrected chi connectivity index (χ1v) is 6.10. The normalized spacial score (nSPS) is 11.1. The molecule has 1 aromatic carbocycles. The maximum atomic E-state index is 11.4. The van der Waals surface area contributed by atoms with E-state index in [1.54, 1.807) is 36.3 Å². The summed E-state index contributed by atoms with van der Waals surface area (Å²) in [4.78, 5) is 19.9. The third-order valence-electron chi connectivity index (χ3n) is 3.13. The van der Waals surface area contributed by atoms with Crippen LogP contribution in [0.5, 0.6) is 0 Å². The van der Waals surface area contributed by atoms with E-state index < -0.39 is 5.97 Å². The van der Waals surface area contributed by atoms with E-state index in [2.05, 4.69) is 15.1 Å². The van der Waals surface area contributed by atoms with Gasteiger partial charge in [0.2, 0.25) is 0 Å². The Morgan fingerprint density at radius 3 is 2.85 bits per heavy atom. The number of aryl methyl sites for hydroxylation is 2. The van der Waals surface area contributed by atoms with Crippen molar-refractivity contribution >= 4 is 17.0 Å². The summed E-state index contributed by atoms with van der Waals surface area (Å²) in [5.41, 5.74) is 1.50. The summed E-state index contributed by atoms with van der Waals surface area (Å²) < 4.78 is 3.44. The van der Waals surface area contributed by atoms with E-state index in [-0.39, 0.29) is 5.56 Å². The second-order valence-corrected chi connectivity index (χ2v) is 4.56. The number of carboxylic acids is 1. The van der Waals surface area contributed by atoms with Crippen LogP contribution in [-0.4, -0.2) is 35.4 Å². The first-order valence-electron chi connectivity index (χ1n) is 6.10. The molecule has 7 nitrogen and oxygen atoms in total. The van der Waals surface area contributed by atoms with Crippen molar-refractivity contribution in [3.05, 3.63) is 41.7 Å². The van der Waals surface area contributed by atoms with Gasteiger partial charge in [-0.2, -0.15) is 5.10 Å². The fraction of sp³-hybridized carbons (Fsp3) is 0.231. The topological polar surface area (TPSA) is 85.8 Å². The number of carbonyl (C=O) groups is 1. The van der Waals surface area contributed by atoms with Gasteiger partial charge in [0, 0.05) is 7.05 Å². The van der Waals surface area contributed by atoms with Gasteiger partial charge in [0.1, 0.15) is 12.2 Å². The van der Waals surface area contributed by atoms with E-state index in [0.29, 0.717) is 23.4 Å². The van der Waals surface area contributed by atoms with Gasteiger partial charge in [0.15, 0.2) is 5.82 Å². The highest BCUT2D eigenvalue weighted by atomic mass is 16.4. The van der Waals surface area contributed by atoms with Gasteiger partial charge in [-0.15, -0.1) is 0 Å². The number of nitrogens with zero attached hydrogens (tertiary/aromatic N) is 5. The zero-order chi connectivity index (χ0) is 14.3. The Morgan fingerprint density at radius 2 is 2.20 bits per heavy atom.